The predicted octanol–water partition coefficient (Wildman–Crippen LogP) is 4.57. The van der Waals surface area contributed by atoms with E-state index < -0.39 is 0 Å². The molecule has 0 aromatic heterocycles. The number of hydrogen-bond donors (Lipinski definition) is 1. The second-order valence-electron chi connectivity index (χ2n) is 5.26. The van der Waals surface area contributed by atoms with Crippen molar-refractivity contribution in [1.29, 1.82) is 0 Å². The third kappa shape index (κ3) is 3.22. The first kappa shape index (κ1) is 13.3. The standard InChI is InChI=1S/C15H22IN/c1-11-7-6-10-13(14(11)16)15(17)12-8-4-2-3-5-9-12/h6-7,10,12,15H,2-5,8-9,17H2,1H3. The summed E-state index contributed by atoms with van der Waals surface area (Å²) < 4.78 is 1.36. The van der Waals surface area contributed by atoms with Gasteiger partial charge in [0.05, 0.1) is 0 Å². The van der Waals surface area contributed by atoms with E-state index >= 15 is 0 Å². The molecule has 0 spiro atoms. The van der Waals surface area contributed by atoms with Crippen LogP contribution in [-0.4, -0.2) is 0 Å². The van der Waals surface area contributed by atoms with Crippen LogP contribution in [0.1, 0.15) is 55.7 Å². The Morgan fingerprint density at radius 3 is 2.47 bits per heavy atom. The molecule has 1 atom stereocenters. The lowest BCUT2D eigenvalue weighted by Gasteiger charge is -2.24. The molecule has 2 rings (SSSR count). The van der Waals surface area contributed by atoms with Crippen molar-refractivity contribution in [1.82, 2.24) is 0 Å². The summed E-state index contributed by atoms with van der Waals surface area (Å²) in [7, 11) is 0. The van der Waals surface area contributed by atoms with E-state index in [0.29, 0.717) is 5.92 Å². The zero-order valence-electron chi connectivity index (χ0n) is 10.6. The second-order valence-corrected chi connectivity index (χ2v) is 6.33. The molecular formula is C15H22IN. The minimum Gasteiger partial charge on any atom is -0.324 e. The first-order valence-electron chi connectivity index (χ1n) is 6.70. The molecule has 0 aliphatic heterocycles. The van der Waals surface area contributed by atoms with Gasteiger partial charge in [0.25, 0.3) is 0 Å². The highest BCUT2D eigenvalue weighted by Crippen LogP contribution is 2.34. The molecule has 1 nitrogen and oxygen atoms in total. The highest BCUT2D eigenvalue weighted by Gasteiger charge is 2.22. The van der Waals surface area contributed by atoms with Gasteiger partial charge < -0.3 is 5.73 Å². The van der Waals surface area contributed by atoms with Crippen LogP contribution in [0.4, 0.5) is 0 Å². The second kappa shape index (κ2) is 6.19. The predicted molar refractivity (Wildman–Crippen MR) is 82.0 cm³/mol. The lowest BCUT2D eigenvalue weighted by molar-refractivity contribution is 0.381. The van der Waals surface area contributed by atoms with E-state index in [1.807, 2.05) is 0 Å². The highest BCUT2D eigenvalue weighted by molar-refractivity contribution is 14.1. The van der Waals surface area contributed by atoms with Crippen molar-refractivity contribution in [3.8, 4) is 0 Å². The number of rotatable bonds is 2. The van der Waals surface area contributed by atoms with Crippen LogP contribution in [-0.2, 0) is 0 Å². The van der Waals surface area contributed by atoms with Gasteiger partial charge >= 0.3 is 0 Å². The molecule has 1 aliphatic carbocycles. The summed E-state index contributed by atoms with van der Waals surface area (Å²) in [6.45, 7) is 2.17. The third-order valence-corrected chi connectivity index (χ3v) is 5.46. The lowest BCUT2D eigenvalue weighted by Crippen LogP contribution is -2.22. The summed E-state index contributed by atoms with van der Waals surface area (Å²) in [5.41, 5.74) is 9.22. The maximum Gasteiger partial charge on any atom is 0.0334 e. The molecule has 1 fully saturated rings. The van der Waals surface area contributed by atoms with Gasteiger partial charge in [0, 0.05) is 9.61 Å². The van der Waals surface area contributed by atoms with Gasteiger partial charge in [0.15, 0.2) is 0 Å². The number of hydrogen-bond acceptors (Lipinski definition) is 1. The molecule has 0 radical (unpaired) electrons. The monoisotopic (exact) mass is 343 g/mol. The highest BCUT2D eigenvalue weighted by atomic mass is 127. The van der Waals surface area contributed by atoms with Crippen LogP contribution in [0.3, 0.4) is 0 Å². The first-order valence-corrected chi connectivity index (χ1v) is 7.78. The van der Waals surface area contributed by atoms with E-state index in [0.717, 1.165) is 0 Å². The maximum atomic E-state index is 6.50. The van der Waals surface area contributed by atoms with E-state index in [9.17, 15) is 0 Å². The van der Waals surface area contributed by atoms with Gasteiger partial charge in [-0.3, -0.25) is 0 Å². The van der Waals surface area contributed by atoms with Gasteiger partial charge in [-0.05, 0) is 59.4 Å². The largest absolute Gasteiger partial charge is 0.324 e. The Kier molecular flexibility index (Phi) is 4.86. The summed E-state index contributed by atoms with van der Waals surface area (Å²) in [5, 5.41) is 0. The molecule has 1 aromatic carbocycles. The summed E-state index contributed by atoms with van der Waals surface area (Å²) in [4.78, 5) is 0. The van der Waals surface area contributed by atoms with Gasteiger partial charge in [0.1, 0.15) is 0 Å². The normalized spacial score (nSPS) is 19.9. The Balaban J connectivity index is 2.17. The Labute approximate surface area is 118 Å². The zero-order chi connectivity index (χ0) is 12.3. The van der Waals surface area contributed by atoms with Gasteiger partial charge in [-0.1, -0.05) is 43.9 Å². The van der Waals surface area contributed by atoms with Gasteiger partial charge in [-0.25, -0.2) is 0 Å². The number of benzene rings is 1. The molecule has 1 unspecified atom stereocenters. The summed E-state index contributed by atoms with van der Waals surface area (Å²) in [6.07, 6.45) is 8.14. The molecule has 1 aromatic rings. The quantitative estimate of drug-likeness (QED) is 0.618. The summed E-state index contributed by atoms with van der Waals surface area (Å²) >= 11 is 2.45. The number of nitrogens with two attached hydrogens (primary N) is 1. The smallest absolute Gasteiger partial charge is 0.0334 e. The van der Waals surface area contributed by atoms with Gasteiger partial charge in [-0.2, -0.15) is 0 Å². The average Bonchev–Trinajstić information content (AvgIpc) is 2.60. The first-order chi connectivity index (χ1) is 8.20. The molecule has 2 heteroatoms. The fraction of sp³-hybridized carbons (Fsp3) is 0.600. The van der Waals surface area contributed by atoms with Crippen LogP contribution in [0.5, 0.6) is 0 Å². The molecule has 94 valence electrons. The Hall–Kier alpha value is -0.0900. The topological polar surface area (TPSA) is 26.0 Å². The van der Waals surface area contributed by atoms with Crippen LogP contribution in [0.25, 0.3) is 0 Å². The molecule has 1 saturated carbocycles. The maximum absolute atomic E-state index is 6.50. The fourth-order valence-electron chi connectivity index (χ4n) is 2.85. The molecular weight excluding hydrogens is 321 g/mol. The Morgan fingerprint density at radius 1 is 1.18 bits per heavy atom. The molecule has 0 heterocycles. The molecule has 0 bridgehead atoms. The Morgan fingerprint density at radius 2 is 1.82 bits per heavy atom. The molecule has 2 N–H and O–H groups in total. The van der Waals surface area contributed by atoms with Crippen molar-refractivity contribution in [3.63, 3.8) is 0 Å². The van der Waals surface area contributed by atoms with Crippen LogP contribution in [0, 0.1) is 16.4 Å². The van der Waals surface area contributed by atoms with Crippen LogP contribution >= 0.6 is 22.6 Å². The fourth-order valence-corrected chi connectivity index (χ4v) is 3.57. The van der Waals surface area contributed by atoms with E-state index in [-0.39, 0.29) is 6.04 Å². The van der Waals surface area contributed by atoms with Crippen molar-refractivity contribution in [2.45, 2.75) is 51.5 Å². The molecule has 0 amide bonds. The lowest BCUT2D eigenvalue weighted by atomic mass is 9.87. The minimum atomic E-state index is 0.236. The van der Waals surface area contributed by atoms with E-state index in [4.69, 9.17) is 5.73 Å². The van der Waals surface area contributed by atoms with Crippen LogP contribution in [0.2, 0.25) is 0 Å². The van der Waals surface area contributed by atoms with Crippen LogP contribution < -0.4 is 5.73 Å². The van der Waals surface area contributed by atoms with Gasteiger partial charge in [-0.15, -0.1) is 0 Å². The summed E-state index contributed by atoms with van der Waals surface area (Å²) in [5.74, 6) is 0.688. The number of aryl methyl sites for hydroxylation is 1. The molecule has 1 aliphatic rings. The van der Waals surface area contributed by atoms with Crippen molar-refractivity contribution in [2.75, 3.05) is 0 Å². The summed E-state index contributed by atoms with van der Waals surface area (Å²) in [6, 6.07) is 6.76. The van der Waals surface area contributed by atoms with Crippen LogP contribution in [0.15, 0.2) is 18.2 Å². The van der Waals surface area contributed by atoms with Crippen molar-refractivity contribution >= 4 is 22.6 Å². The van der Waals surface area contributed by atoms with Gasteiger partial charge in [0.2, 0.25) is 0 Å². The van der Waals surface area contributed by atoms with Crippen molar-refractivity contribution in [3.05, 3.63) is 32.9 Å². The number of halogens is 1. The molecule has 17 heavy (non-hydrogen) atoms. The average molecular weight is 343 g/mol. The minimum absolute atomic E-state index is 0.236. The SMILES string of the molecule is Cc1cccc(C(N)C2CCCCCC2)c1I. The van der Waals surface area contributed by atoms with E-state index in [1.54, 1.807) is 0 Å². The molecule has 0 saturated heterocycles. The van der Waals surface area contributed by atoms with E-state index in [2.05, 4.69) is 47.7 Å². The van der Waals surface area contributed by atoms with E-state index in [1.165, 1.54) is 53.2 Å². The van der Waals surface area contributed by atoms with Crippen molar-refractivity contribution < 1.29 is 0 Å². The Bertz CT molecular complexity index is 367. The zero-order valence-corrected chi connectivity index (χ0v) is 12.7. The third-order valence-electron chi connectivity index (χ3n) is 3.99. The van der Waals surface area contributed by atoms with Crippen molar-refractivity contribution in [2.24, 2.45) is 11.7 Å².